The van der Waals surface area contributed by atoms with Crippen molar-refractivity contribution in [3.63, 3.8) is 0 Å². The van der Waals surface area contributed by atoms with Gasteiger partial charge in [-0.15, -0.1) is 0 Å². The van der Waals surface area contributed by atoms with Crippen LogP contribution in [0.15, 0.2) is 110 Å². The molecule has 6 saturated heterocycles. The number of aromatic amines is 2. The summed E-state index contributed by atoms with van der Waals surface area (Å²) in [5, 5.41) is 59.3. The molecule has 0 radical (unpaired) electrons. The molecule has 0 amide bonds. The van der Waals surface area contributed by atoms with Crippen LogP contribution in [-0.2, 0) is 9.47 Å². The first-order valence-corrected chi connectivity index (χ1v) is 33.6. The molecule has 0 saturated carbocycles. The van der Waals surface area contributed by atoms with Gasteiger partial charge in [0.2, 0.25) is 0 Å². The zero-order valence-corrected chi connectivity index (χ0v) is 50.3. The third-order valence-corrected chi connectivity index (χ3v) is 23.6. The minimum absolute atomic E-state index is 0.0163. The highest BCUT2D eigenvalue weighted by atomic mass is 16.5. The largest absolute Gasteiger partial charge is 0.390 e. The van der Waals surface area contributed by atoms with E-state index in [9.17, 15) is 20.4 Å². The zero-order chi connectivity index (χ0) is 57.8. The van der Waals surface area contributed by atoms with Gasteiger partial charge in [-0.25, -0.2) is 0 Å². The van der Waals surface area contributed by atoms with Crippen LogP contribution in [0, 0.1) is 22.7 Å². The Labute approximate surface area is 506 Å². The topological polar surface area (TPSA) is 170 Å². The molecular formula is C72H90N8O6. The quantitative estimate of drug-likeness (QED) is 0.0909. The molecule has 5 unspecified atom stereocenters. The molecular weight excluding hydrogens is 1070 g/mol. The van der Waals surface area contributed by atoms with Gasteiger partial charge in [0.15, 0.2) is 0 Å². The number of pyridine rings is 2. The van der Waals surface area contributed by atoms with Crippen LogP contribution in [0.1, 0.15) is 133 Å². The lowest BCUT2D eigenvalue weighted by atomic mass is 9.54. The minimum Gasteiger partial charge on any atom is -0.390 e. The molecule has 6 N–H and O–H groups in total. The molecule has 4 aromatic heterocycles. The van der Waals surface area contributed by atoms with E-state index in [2.05, 4.69) is 127 Å². The lowest BCUT2D eigenvalue weighted by Gasteiger charge is -2.62. The van der Waals surface area contributed by atoms with Crippen molar-refractivity contribution < 1.29 is 29.9 Å². The van der Waals surface area contributed by atoms with E-state index in [1.807, 2.05) is 12.4 Å². The van der Waals surface area contributed by atoms with Crippen LogP contribution in [0.2, 0.25) is 0 Å². The summed E-state index contributed by atoms with van der Waals surface area (Å²) in [6.07, 6.45) is 30.2. The number of hydrogen-bond donors (Lipinski definition) is 6. The molecule has 454 valence electrons. The van der Waals surface area contributed by atoms with E-state index < -0.39 is 52.2 Å². The number of aromatic nitrogens is 4. The molecule has 12 heterocycles. The molecule has 10 aliphatic rings. The van der Waals surface area contributed by atoms with Gasteiger partial charge in [-0.05, 0) is 214 Å². The number of fused-ring (bicyclic) bond motifs is 13. The summed E-state index contributed by atoms with van der Waals surface area (Å²) < 4.78 is 15.9. The Balaban J connectivity index is 0.847. The van der Waals surface area contributed by atoms with Crippen LogP contribution in [0.3, 0.4) is 0 Å². The number of ether oxygens (including phenoxy) is 2. The second kappa shape index (κ2) is 22.1. The predicted molar refractivity (Wildman–Crippen MR) is 339 cm³/mol. The third-order valence-electron chi connectivity index (χ3n) is 23.6. The summed E-state index contributed by atoms with van der Waals surface area (Å²) in [5.74, 6) is 0.0323. The average molecular weight is 1160 g/mol. The zero-order valence-electron chi connectivity index (χ0n) is 50.3. The maximum absolute atomic E-state index is 14.4. The number of benzene rings is 2. The van der Waals surface area contributed by atoms with Crippen LogP contribution >= 0.6 is 0 Å². The van der Waals surface area contributed by atoms with Crippen LogP contribution < -0.4 is 0 Å². The van der Waals surface area contributed by atoms with E-state index in [0.29, 0.717) is 71.1 Å². The van der Waals surface area contributed by atoms with Crippen LogP contribution in [0.4, 0.5) is 0 Å². The smallest absolute Gasteiger partial charge is 0.123 e. The third kappa shape index (κ3) is 9.22. The van der Waals surface area contributed by atoms with Gasteiger partial charge >= 0.3 is 0 Å². The van der Waals surface area contributed by atoms with Crippen molar-refractivity contribution in [2.75, 3.05) is 65.5 Å². The van der Waals surface area contributed by atoms with E-state index in [1.54, 1.807) is 0 Å². The molecule has 14 nitrogen and oxygen atoms in total. The highest BCUT2D eigenvalue weighted by Crippen LogP contribution is 2.66. The predicted octanol–water partition coefficient (Wildman–Crippen LogP) is 10.7. The highest BCUT2D eigenvalue weighted by molar-refractivity contribution is 6.11. The van der Waals surface area contributed by atoms with Gasteiger partial charge in [-0.3, -0.25) is 19.8 Å². The molecule has 3 spiro atoms. The number of aliphatic hydroxyl groups is 4. The van der Waals surface area contributed by atoms with E-state index in [1.165, 1.54) is 10.8 Å². The van der Waals surface area contributed by atoms with E-state index >= 15 is 0 Å². The Kier molecular flexibility index (Phi) is 14.5. The Hall–Kier alpha value is -5.10. The normalized spacial score (nSPS) is 39.9. The van der Waals surface area contributed by atoms with Gasteiger partial charge in [0.05, 0.1) is 76.7 Å². The molecule has 6 fully saturated rings. The number of aliphatic hydroxyl groups excluding tert-OH is 2. The van der Waals surface area contributed by atoms with Crippen molar-refractivity contribution in [2.45, 2.75) is 175 Å². The average Bonchev–Trinajstić information content (AvgIpc) is 1.41. The van der Waals surface area contributed by atoms with Crippen LogP contribution in [0.5, 0.6) is 0 Å². The first kappa shape index (κ1) is 56.2. The summed E-state index contributed by atoms with van der Waals surface area (Å²) in [6.45, 7) is 7.67. The number of nitrogens with zero attached hydrogens (tertiary/aromatic N) is 6. The molecule has 86 heavy (non-hydrogen) atoms. The Morgan fingerprint density at radius 2 is 1.09 bits per heavy atom. The SMILES string of the molecule is OC1CCCN2CCC1O[C@@]13CC[C@@H](OC[C@]45CN6CCCCC=CCC[C@](O)(C=C(c7nccc8c7[nH]c7ccccc78)[C@@H]4CC6)[C@H]25)[C@@H](O)CCN1[C@@H]1[C@]2(CN4CCCCC=CCC[C@]1(O)C=C(c1nccc5c1[nH]c1ccccc15)[C@@H]2CC4)C3. The van der Waals surface area contributed by atoms with Crippen molar-refractivity contribution in [2.24, 2.45) is 22.7 Å². The molecule has 16 rings (SSSR count). The van der Waals surface area contributed by atoms with Gasteiger partial charge in [0, 0.05) is 82.0 Å². The lowest BCUT2D eigenvalue weighted by Crippen LogP contribution is -2.71. The fraction of sp³-hybridized carbons (Fsp3) is 0.583. The van der Waals surface area contributed by atoms with Crippen molar-refractivity contribution >= 4 is 54.8 Å². The maximum Gasteiger partial charge on any atom is 0.123 e. The second-order valence-electron chi connectivity index (χ2n) is 28.5. The highest BCUT2D eigenvalue weighted by Gasteiger charge is 2.72. The van der Waals surface area contributed by atoms with E-state index in [-0.39, 0.29) is 23.9 Å². The summed E-state index contributed by atoms with van der Waals surface area (Å²) in [5.41, 5.74) is 3.68. The first-order chi connectivity index (χ1) is 42.1. The molecule has 14 heteroatoms. The maximum atomic E-state index is 14.4. The number of H-pyrrole nitrogens is 2. The fourth-order valence-corrected chi connectivity index (χ4v) is 20.1. The first-order valence-electron chi connectivity index (χ1n) is 33.6. The summed E-state index contributed by atoms with van der Waals surface area (Å²) >= 11 is 0. The van der Waals surface area contributed by atoms with Gasteiger partial charge in [0.25, 0.3) is 0 Å². The Morgan fingerprint density at radius 1 is 0.512 bits per heavy atom. The van der Waals surface area contributed by atoms with Crippen molar-refractivity contribution in [3.05, 3.63) is 121 Å². The molecule has 6 aromatic rings. The second-order valence-corrected chi connectivity index (χ2v) is 28.5. The molecule has 2 aliphatic carbocycles. The van der Waals surface area contributed by atoms with Crippen LogP contribution in [-0.4, -0.2) is 179 Å². The Morgan fingerprint density at radius 3 is 1.74 bits per heavy atom. The molecule has 10 bridgehead atoms. The summed E-state index contributed by atoms with van der Waals surface area (Å²) in [4.78, 5) is 28.9. The number of rotatable bonds is 2. The van der Waals surface area contributed by atoms with Crippen molar-refractivity contribution in [1.29, 1.82) is 0 Å². The van der Waals surface area contributed by atoms with E-state index in [4.69, 9.17) is 19.4 Å². The van der Waals surface area contributed by atoms with Gasteiger partial charge < -0.3 is 49.7 Å². The standard InChI is InChI=1S/C72H90N8O6/c81-58-22-17-37-79-40-29-61(58)86-72-32-23-60(85-47-69-46-78-36-16-8-3-1-5-13-30-70(83,66(69)79)42-53(55(69)27-39-78)63-65-51(25-34-74-63)49-19-10-12-21-57(49)76-65)59(82)28-41-80(72)67-68(44-72)45-77-35-15-7-4-2-6-14-31-71(67,84)43-52(54(68)26-38-77)62-64-50(24-33-73-62)48-18-9-11-20-56(48)75-64/h1-2,5-6,9-12,18-21,24-25,33-34,42-43,54-55,58-61,66-67,75-76,81-84H,3-4,7-8,13-17,22-23,26-32,35-41,44-47H2/t54-,55-,58?,59-,60+,61?,66+,67+,68-,69+,70-,71-,72+/m0/s1. The van der Waals surface area contributed by atoms with Gasteiger partial charge in [0.1, 0.15) is 5.72 Å². The number of nitrogens with one attached hydrogen (secondary N) is 2. The molecule has 8 aliphatic heterocycles. The molecule has 2 aromatic carbocycles. The van der Waals surface area contributed by atoms with E-state index in [0.717, 1.165) is 172 Å². The summed E-state index contributed by atoms with van der Waals surface area (Å²) in [7, 11) is 0. The Bertz CT molecular complexity index is 3650. The lowest BCUT2D eigenvalue weighted by molar-refractivity contribution is -0.227. The number of para-hydroxylation sites is 2. The number of allylic oxidation sites excluding steroid dienone is 6. The van der Waals surface area contributed by atoms with Gasteiger partial charge in [-0.2, -0.15) is 0 Å². The van der Waals surface area contributed by atoms with Crippen molar-refractivity contribution in [3.8, 4) is 0 Å². The van der Waals surface area contributed by atoms with Gasteiger partial charge in [-0.1, -0.05) is 60.7 Å². The number of piperidine rings is 2. The monoisotopic (exact) mass is 1160 g/mol. The number of hydrogen-bond acceptors (Lipinski definition) is 12. The minimum atomic E-state index is -1.29. The fourth-order valence-electron chi connectivity index (χ4n) is 20.1. The van der Waals surface area contributed by atoms with Crippen molar-refractivity contribution in [1.82, 2.24) is 39.5 Å². The molecule has 16 atom stereocenters. The summed E-state index contributed by atoms with van der Waals surface area (Å²) in [6, 6.07) is 20.7. The van der Waals surface area contributed by atoms with Crippen LogP contribution in [0.25, 0.3) is 54.8 Å².